The Balaban J connectivity index is 1.47. The van der Waals surface area contributed by atoms with Crippen LogP contribution in [0.1, 0.15) is 74.1 Å². The van der Waals surface area contributed by atoms with Gasteiger partial charge in [-0.05, 0) is 89.8 Å². The number of aliphatic hydroxyl groups is 2. The first kappa shape index (κ1) is 25.7. The molecule has 0 unspecified atom stereocenters. The average Bonchev–Trinajstić information content (AvgIpc) is 3.54. The van der Waals surface area contributed by atoms with E-state index in [9.17, 15) is 15.5 Å². The van der Waals surface area contributed by atoms with E-state index < -0.39 is 6.29 Å². The molecule has 3 aromatic rings. The third-order valence-electron chi connectivity index (χ3n) is 7.66. The van der Waals surface area contributed by atoms with Gasteiger partial charge in [-0.25, -0.2) is 4.39 Å². The van der Waals surface area contributed by atoms with E-state index in [1.165, 1.54) is 29.0 Å². The molecule has 37 heavy (non-hydrogen) atoms. The summed E-state index contributed by atoms with van der Waals surface area (Å²) in [4.78, 5) is 0.828. The summed E-state index contributed by atoms with van der Waals surface area (Å²) < 4.78 is 21.3. The van der Waals surface area contributed by atoms with Crippen LogP contribution >= 0.6 is 11.3 Å². The summed E-state index contributed by atoms with van der Waals surface area (Å²) in [6.45, 7) is 4.77. The van der Waals surface area contributed by atoms with Gasteiger partial charge in [-0.15, -0.1) is 11.3 Å². The molecular weight excluding hydrogens is 485 g/mol. The van der Waals surface area contributed by atoms with E-state index in [2.05, 4.69) is 26.0 Å². The lowest BCUT2D eigenvalue weighted by Crippen LogP contribution is -2.13. The van der Waals surface area contributed by atoms with Crippen molar-refractivity contribution >= 4 is 16.9 Å². The predicted molar refractivity (Wildman–Crippen MR) is 145 cm³/mol. The van der Waals surface area contributed by atoms with E-state index in [-0.39, 0.29) is 17.2 Å². The molecule has 2 aromatic carbocycles. The molecule has 0 spiro atoms. The lowest BCUT2D eigenvalue weighted by atomic mass is 9.80. The zero-order chi connectivity index (χ0) is 26.2. The highest BCUT2D eigenvalue weighted by Gasteiger charge is 2.34. The van der Waals surface area contributed by atoms with Gasteiger partial charge in [0.25, 0.3) is 0 Å². The number of halogens is 1. The van der Waals surface area contributed by atoms with Gasteiger partial charge in [-0.2, -0.15) is 5.26 Å². The van der Waals surface area contributed by atoms with E-state index >= 15 is 4.39 Å². The zero-order valence-corrected chi connectivity index (χ0v) is 22.0. The molecule has 4 nitrogen and oxygen atoms in total. The summed E-state index contributed by atoms with van der Waals surface area (Å²) >= 11 is 1.49. The number of hydrogen-bond acceptors (Lipinski definition) is 5. The molecule has 1 heterocycles. The van der Waals surface area contributed by atoms with Crippen molar-refractivity contribution in [2.24, 2.45) is 11.3 Å². The first-order valence-corrected chi connectivity index (χ1v) is 13.7. The molecule has 0 radical (unpaired) electrons. The summed E-state index contributed by atoms with van der Waals surface area (Å²) in [7, 11) is 0. The van der Waals surface area contributed by atoms with E-state index in [1.54, 1.807) is 6.07 Å². The molecule has 1 atom stereocenters. The quantitative estimate of drug-likeness (QED) is 0.290. The Morgan fingerprint density at radius 3 is 2.68 bits per heavy atom. The molecule has 1 aromatic heterocycles. The number of aliphatic hydroxyl groups excluding tert-OH is 1. The van der Waals surface area contributed by atoms with E-state index in [0.29, 0.717) is 30.1 Å². The summed E-state index contributed by atoms with van der Waals surface area (Å²) in [5.41, 5.74) is 5.11. The van der Waals surface area contributed by atoms with Crippen LogP contribution in [0.2, 0.25) is 0 Å². The number of rotatable bonds is 9. The molecule has 2 aliphatic rings. The van der Waals surface area contributed by atoms with Crippen LogP contribution in [0.25, 0.3) is 16.0 Å². The third-order valence-corrected chi connectivity index (χ3v) is 8.72. The van der Waals surface area contributed by atoms with Crippen LogP contribution in [-0.2, 0) is 6.61 Å². The molecule has 0 aliphatic heterocycles. The number of hydrogen-bond donors (Lipinski definition) is 2. The monoisotopic (exact) mass is 517 g/mol. The molecule has 5 rings (SSSR count). The maximum absolute atomic E-state index is 15.0. The fourth-order valence-electron chi connectivity index (χ4n) is 5.51. The van der Waals surface area contributed by atoms with Crippen molar-refractivity contribution < 1.29 is 19.3 Å². The topological polar surface area (TPSA) is 73.5 Å². The molecule has 0 saturated heterocycles. The van der Waals surface area contributed by atoms with Gasteiger partial charge < -0.3 is 14.9 Å². The van der Waals surface area contributed by atoms with Gasteiger partial charge in [0, 0.05) is 28.0 Å². The fraction of sp³-hybridized carbons (Fsp3) is 0.387. The average molecular weight is 518 g/mol. The molecule has 0 amide bonds. The van der Waals surface area contributed by atoms with E-state index in [1.807, 2.05) is 29.6 Å². The Morgan fingerprint density at radius 2 is 2.00 bits per heavy atom. The van der Waals surface area contributed by atoms with E-state index in [0.717, 1.165) is 53.0 Å². The van der Waals surface area contributed by atoms with Crippen LogP contribution in [0.15, 0.2) is 53.9 Å². The second-order valence-corrected chi connectivity index (χ2v) is 11.7. The number of allylic oxidation sites excluding steroid dienone is 2. The minimum Gasteiger partial charge on any atom is -0.489 e. The Kier molecular flexibility index (Phi) is 7.22. The van der Waals surface area contributed by atoms with Crippen molar-refractivity contribution in [2.45, 2.75) is 64.8 Å². The number of thiophene rings is 1. The van der Waals surface area contributed by atoms with Crippen molar-refractivity contribution in [2.75, 3.05) is 0 Å². The first-order chi connectivity index (χ1) is 17.8. The van der Waals surface area contributed by atoms with Crippen LogP contribution in [0.3, 0.4) is 0 Å². The number of nitriles is 1. The number of benzene rings is 2. The minimum atomic E-state index is -1.33. The Labute approximate surface area is 221 Å². The van der Waals surface area contributed by atoms with Crippen molar-refractivity contribution in [1.29, 1.82) is 5.26 Å². The summed E-state index contributed by atoms with van der Waals surface area (Å²) in [5.74, 6) is 0.979. The highest BCUT2D eigenvalue weighted by atomic mass is 32.1. The van der Waals surface area contributed by atoms with Crippen molar-refractivity contribution in [3.05, 3.63) is 82.0 Å². The summed E-state index contributed by atoms with van der Waals surface area (Å²) in [6.07, 6.45) is 5.46. The summed E-state index contributed by atoms with van der Waals surface area (Å²) in [6, 6.07) is 14.5. The largest absolute Gasteiger partial charge is 0.489 e. The minimum absolute atomic E-state index is 0.0452. The van der Waals surface area contributed by atoms with Gasteiger partial charge in [0.1, 0.15) is 18.2 Å². The van der Waals surface area contributed by atoms with Crippen LogP contribution in [0, 0.1) is 28.5 Å². The molecule has 1 fully saturated rings. The molecule has 1 saturated carbocycles. The molecule has 0 bridgehead atoms. The Bertz CT molecular complexity index is 1360. The molecule has 2 aliphatic carbocycles. The Hall–Kier alpha value is -2.98. The second kappa shape index (κ2) is 10.4. The smallest absolute Gasteiger partial charge is 0.152 e. The number of nitrogens with zero attached hydrogens (tertiary/aromatic N) is 1. The van der Waals surface area contributed by atoms with Gasteiger partial charge in [0.2, 0.25) is 0 Å². The maximum atomic E-state index is 15.0. The fourth-order valence-corrected chi connectivity index (χ4v) is 6.60. The van der Waals surface area contributed by atoms with Gasteiger partial charge in [-0.1, -0.05) is 32.1 Å². The van der Waals surface area contributed by atoms with Gasteiger partial charge in [0.05, 0.1) is 11.6 Å². The lowest BCUT2D eigenvalue weighted by molar-refractivity contribution is -0.0511. The van der Waals surface area contributed by atoms with Crippen LogP contribution in [0.4, 0.5) is 4.39 Å². The molecule has 2 N–H and O–H groups in total. The van der Waals surface area contributed by atoms with Crippen LogP contribution < -0.4 is 4.74 Å². The van der Waals surface area contributed by atoms with Crippen molar-refractivity contribution in [1.82, 2.24) is 0 Å². The lowest BCUT2D eigenvalue weighted by Gasteiger charge is -2.24. The standard InChI is InChI=1S/C31H32FNO3S/c1-31(2)12-4-7-26(31)29-22(18-37-30(29)25-13-19(16-33)8-11-27(25)32)17-36-23-6-3-5-21(14-23)24(15-28(34)35)20-9-10-20/h3,5-8,11,13-14,18,20,24,28,34-35H,4,9-10,12,15,17H2,1-2H3/t24-/m1/s1. The van der Waals surface area contributed by atoms with E-state index in [4.69, 9.17) is 4.74 Å². The Morgan fingerprint density at radius 1 is 1.19 bits per heavy atom. The SMILES string of the molecule is CC1(C)CCC=C1c1c(COc2cccc([C@H](CC(O)O)C3CC3)c2)csc1-c1cc(C#N)ccc1F. The highest BCUT2D eigenvalue weighted by molar-refractivity contribution is 7.14. The van der Waals surface area contributed by atoms with Crippen molar-refractivity contribution in [3.8, 4) is 22.3 Å². The number of ether oxygens (including phenoxy) is 1. The maximum Gasteiger partial charge on any atom is 0.152 e. The van der Waals surface area contributed by atoms with Gasteiger partial charge in [0.15, 0.2) is 6.29 Å². The zero-order valence-electron chi connectivity index (χ0n) is 21.2. The van der Waals surface area contributed by atoms with Crippen molar-refractivity contribution in [3.63, 3.8) is 0 Å². The summed E-state index contributed by atoms with van der Waals surface area (Å²) in [5, 5.41) is 30.6. The predicted octanol–water partition coefficient (Wildman–Crippen LogP) is 7.40. The van der Waals surface area contributed by atoms with Gasteiger partial charge in [-0.3, -0.25) is 0 Å². The van der Waals surface area contributed by atoms with Gasteiger partial charge >= 0.3 is 0 Å². The molecular formula is C31H32FNO3S. The normalized spacial score (nSPS) is 17.5. The molecule has 192 valence electrons. The molecule has 6 heteroatoms. The first-order valence-electron chi connectivity index (χ1n) is 12.9. The third kappa shape index (κ3) is 5.50. The highest BCUT2D eigenvalue weighted by Crippen LogP contribution is 2.50. The van der Waals surface area contributed by atoms with Crippen LogP contribution in [-0.4, -0.2) is 16.5 Å². The van der Waals surface area contributed by atoms with Crippen LogP contribution in [0.5, 0.6) is 5.75 Å². The second-order valence-electron chi connectivity index (χ2n) is 10.8.